The molecule has 1 rings (SSSR count). The van der Waals surface area contributed by atoms with Crippen LogP contribution >= 0.6 is 0 Å². The third kappa shape index (κ3) is 8.79. The molecule has 25 heavy (non-hydrogen) atoms. The molecule has 0 heterocycles. The van der Waals surface area contributed by atoms with Gasteiger partial charge < -0.3 is 16.4 Å². The van der Waals surface area contributed by atoms with Gasteiger partial charge in [0.1, 0.15) is 0 Å². The molecule has 1 aromatic rings. The fourth-order valence-corrected chi connectivity index (χ4v) is 2.63. The van der Waals surface area contributed by atoms with Crippen molar-refractivity contribution in [3.63, 3.8) is 0 Å². The molecule has 0 aliphatic carbocycles. The number of hydrogen-bond donors (Lipinski definition) is 3. The number of ketones is 1. The van der Waals surface area contributed by atoms with E-state index in [2.05, 4.69) is 24.5 Å². The van der Waals surface area contributed by atoms with Gasteiger partial charge in [-0.3, -0.25) is 9.59 Å². The first kappa shape index (κ1) is 21.3. The monoisotopic (exact) mass is 347 g/mol. The zero-order valence-corrected chi connectivity index (χ0v) is 15.8. The molecule has 0 fully saturated rings. The maximum atomic E-state index is 12.8. The number of rotatable bonds is 12. The van der Waals surface area contributed by atoms with Crippen LogP contribution in [0.25, 0.3) is 0 Å². The predicted octanol–water partition coefficient (Wildman–Crippen LogP) is 2.05. The standard InChI is InChI=1S/C20H33N3O2/c1-15(2)14-22-19(13-17-9-5-4-6-10-17)20(25)23-18(16(3)24)11-7-8-12-21/h4-6,9-10,15,18-19,22H,7-8,11-14,21H2,1-3H3,(H,23,25). The van der Waals surface area contributed by atoms with Gasteiger partial charge in [0.2, 0.25) is 5.91 Å². The lowest BCUT2D eigenvalue weighted by molar-refractivity contribution is -0.128. The van der Waals surface area contributed by atoms with Gasteiger partial charge in [0.25, 0.3) is 0 Å². The van der Waals surface area contributed by atoms with E-state index in [1.807, 2.05) is 30.3 Å². The first-order chi connectivity index (χ1) is 11.9. The lowest BCUT2D eigenvalue weighted by Gasteiger charge is -2.23. The van der Waals surface area contributed by atoms with E-state index in [1.165, 1.54) is 6.92 Å². The molecule has 0 saturated carbocycles. The van der Waals surface area contributed by atoms with Gasteiger partial charge in [-0.1, -0.05) is 44.2 Å². The molecule has 0 aliphatic rings. The van der Waals surface area contributed by atoms with Gasteiger partial charge in [-0.05, 0) is 57.2 Å². The first-order valence-electron chi connectivity index (χ1n) is 9.22. The van der Waals surface area contributed by atoms with E-state index in [0.717, 1.165) is 24.9 Å². The number of nitrogens with one attached hydrogen (secondary N) is 2. The van der Waals surface area contributed by atoms with E-state index < -0.39 is 6.04 Å². The van der Waals surface area contributed by atoms with Crippen LogP contribution in [0.4, 0.5) is 0 Å². The van der Waals surface area contributed by atoms with E-state index >= 15 is 0 Å². The molecule has 140 valence electrons. The van der Waals surface area contributed by atoms with Crippen LogP contribution in [0.5, 0.6) is 0 Å². The smallest absolute Gasteiger partial charge is 0.238 e. The molecule has 0 bridgehead atoms. The highest BCUT2D eigenvalue weighted by Crippen LogP contribution is 2.07. The molecule has 0 radical (unpaired) electrons. The summed E-state index contributed by atoms with van der Waals surface area (Å²) in [7, 11) is 0. The minimum Gasteiger partial charge on any atom is -0.345 e. The summed E-state index contributed by atoms with van der Waals surface area (Å²) in [4.78, 5) is 24.6. The number of unbranched alkanes of at least 4 members (excludes halogenated alkanes) is 1. The molecular formula is C20H33N3O2. The van der Waals surface area contributed by atoms with Crippen LogP contribution in [0.3, 0.4) is 0 Å². The van der Waals surface area contributed by atoms with Crippen molar-refractivity contribution in [2.45, 2.75) is 58.5 Å². The minimum atomic E-state index is -0.432. The number of carbonyl (C=O) groups excluding carboxylic acids is 2. The van der Waals surface area contributed by atoms with Gasteiger partial charge in [-0.2, -0.15) is 0 Å². The van der Waals surface area contributed by atoms with Crippen molar-refractivity contribution in [1.29, 1.82) is 0 Å². The second-order valence-corrected chi connectivity index (χ2v) is 7.00. The van der Waals surface area contributed by atoms with Crippen molar-refractivity contribution in [3.05, 3.63) is 35.9 Å². The minimum absolute atomic E-state index is 0.00677. The number of benzene rings is 1. The van der Waals surface area contributed by atoms with Crippen LogP contribution in [0.15, 0.2) is 30.3 Å². The second kappa shape index (κ2) is 11.8. The summed E-state index contributed by atoms with van der Waals surface area (Å²) in [6, 6.07) is 9.15. The van der Waals surface area contributed by atoms with Crippen LogP contribution < -0.4 is 16.4 Å². The van der Waals surface area contributed by atoms with E-state index in [4.69, 9.17) is 5.73 Å². The summed E-state index contributed by atoms with van der Waals surface area (Å²) in [6.07, 6.45) is 2.94. The van der Waals surface area contributed by atoms with Gasteiger partial charge in [-0.25, -0.2) is 0 Å². The van der Waals surface area contributed by atoms with Crippen LogP contribution in [-0.4, -0.2) is 36.9 Å². The van der Waals surface area contributed by atoms with Gasteiger partial charge in [-0.15, -0.1) is 0 Å². The topological polar surface area (TPSA) is 84.2 Å². The number of Topliss-reactive ketones (excluding diaryl/α,β-unsaturated/α-hetero) is 1. The largest absolute Gasteiger partial charge is 0.345 e. The highest BCUT2D eigenvalue weighted by atomic mass is 16.2. The Labute approximate surface area is 151 Å². The summed E-state index contributed by atoms with van der Waals surface area (Å²) in [5.41, 5.74) is 6.61. The molecule has 1 aromatic carbocycles. The maximum absolute atomic E-state index is 12.8. The van der Waals surface area contributed by atoms with Crippen molar-refractivity contribution >= 4 is 11.7 Å². The van der Waals surface area contributed by atoms with Crippen LogP contribution in [0.2, 0.25) is 0 Å². The second-order valence-electron chi connectivity index (χ2n) is 7.00. The van der Waals surface area contributed by atoms with E-state index in [9.17, 15) is 9.59 Å². The van der Waals surface area contributed by atoms with Crippen LogP contribution in [-0.2, 0) is 16.0 Å². The van der Waals surface area contributed by atoms with E-state index in [0.29, 0.717) is 25.3 Å². The fourth-order valence-electron chi connectivity index (χ4n) is 2.63. The predicted molar refractivity (Wildman–Crippen MR) is 102 cm³/mol. The van der Waals surface area contributed by atoms with Crippen molar-refractivity contribution in [1.82, 2.24) is 10.6 Å². The summed E-state index contributed by atoms with van der Waals surface area (Å²) in [5.74, 6) is 0.323. The van der Waals surface area contributed by atoms with Gasteiger partial charge in [0, 0.05) is 0 Å². The molecule has 0 spiro atoms. The van der Waals surface area contributed by atoms with Crippen molar-refractivity contribution in [2.24, 2.45) is 11.7 Å². The van der Waals surface area contributed by atoms with Gasteiger partial charge >= 0.3 is 0 Å². The Hall–Kier alpha value is -1.72. The third-order valence-corrected chi connectivity index (χ3v) is 4.13. The third-order valence-electron chi connectivity index (χ3n) is 4.13. The molecule has 2 atom stereocenters. The quantitative estimate of drug-likeness (QED) is 0.505. The van der Waals surface area contributed by atoms with Crippen molar-refractivity contribution in [3.8, 4) is 0 Å². The zero-order valence-electron chi connectivity index (χ0n) is 15.8. The zero-order chi connectivity index (χ0) is 18.7. The molecule has 4 N–H and O–H groups in total. The Kier molecular flexibility index (Phi) is 10.0. The van der Waals surface area contributed by atoms with Crippen molar-refractivity contribution < 1.29 is 9.59 Å². The Morgan fingerprint density at radius 3 is 2.32 bits per heavy atom. The Morgan fingerprint density at radius 2 is 1.76 bits per heavy atom. The average Bonchev–Trinajstić information content (AvgIpc) is 2.58. The molecule has 5 heteroatoms. The fraction of sp³-hybridized carbons (Fsp3) is 0.600. The molecule has 0 aromatic heterocycles. The van der Waals surface area contributed by atoms with E-state index in [1.54, 1.807) is 0 Å². The number of amides is 1. The van der Waals surface area contributed by atoms with Gasteiger partial charge in [0.05, 0.1) is 12.1 Å². The summed E-state index contributed by atoms with van der Waals surface area (Å²) in [5, 5.41) is 6.26. The molecule has 0 aliphatic heterocycles. The maximum Gasteiger partial charge on any atom is 0.238 e. The SMILES string of the molecule is CC(=O)C(CCCCN)NC(=O)C(Cc1ccccc1)NCC(C)C. The molecule has 5 nitrogen and oxygen atoms in total. The Morgan fingerprint density at radius 1 is 1.08 bits per heavy atom. The summed E-state index contributed by atoms with van der Waals surface area (Å²) >= 11 is 0. The van der Waals surface area contributed by atoms with E-state index in [-0.39, 0.29) is 17.7 Å². The number of nitrogens with two attached hydrogens (primary N) is 1. The molecule has 0 saturated heterocycles. The molecular weight excluding hydrogens is 314 g/mol. The van der Waals surface area contributed by atoms with Gasteiger partial charge in [0.15, 0.2) is 5.78 Å². The normalized spacial score (nSPS) is 13.5. The summed E-state index contributed by atoms with van der Waals surface area (Å²) < 4.78 is 0. The lowest BCUT2D eigenvalue weighted by Crippen LogP contribution is -2.51. The Bertz CT molecular complexity index is 517. The van der Waals surface area contributed by atoms with Crippen LogP contribution in [0.1, 0.15) is 45.6 Å². The van der Waals surface area contributed by atoms with Crippen molar-refractivity contribution in [2.75, 3.05) is 13.1 Å². The highest BCUT2D eigenvalue weighted by Gasteiger charge is 2.23. The highest BCUT2D eigenvalue weighted by molar-refractivity contribution is 5.89. The first-order valence-corrected chi connectivity index (χ1v) is 9.22. The van der Waals surface area contributed by atoms with Crippen LogP contribution in [0, 0.1) is 5.92 Å². The lowest BCUT2D eigenvalue weighted by atomic mass is 10.0. The average molecular weight is 348 g/mol. The number of hydrogen-bond acceptors (Lipinski definition) is 4. The molecule has 2 unspecified atom stereocenters. The summed E-state index contributed by atoms with van der Waals surface area (Å²) in [6.45, 7) is 7.10. The molecule has 1 amide bonds. The number of carbonyl (C=O) groups is 2. The Balaban J connectivity index is 2.73.